The van der Waals surface area contributed by atoms with Crippen molar-refractivity contribution >= 4 is 11.2 Å². The second-order valence-electron chi connectivity index (χ2n) is 3.77. The number of nitrogens with zero attached hydrogens (tertiary/aromatic N) is 1. The topological polar surface area (TPSA) is 115 Å². The predicted octanol–water partition coefficient (Wildman–Crippen LogP) is 0.312. The summed E-state index contributed by atoms with van der Waals surface area (Å²) in [5.74, 6) is 0.489. The maximum Gasteiger partial charge on any atom is 0.327 e. The van der Waals surface area contributed by atoms with Gasteiger partial charge >= 0.3 is 5.69 Å². The number of nitrogens with one attached hydrogen (secondary N) is 3. The molecule has 0 fully saturated rings. The molecule has 0 bridgehead atoms. The van der Waals surface area contributed by atoms with Crippen molar-refractivity contribution in [2.45, 2.75) is 0 Å². The molecule has 0 aliphatic heterocycles. The van der Waals surface area contributed by atoms with E-state index >= 15 is 0 Å². The van der Waals surface area contributed by atoms with Gasteiger partial charge in [0.1, 0.15) is 17.1 Å². The van der Waals surface area contributed by atoms with Crippen LogP contribution >= 0.6 is 0 Å². The lowest BCUT2D eigenvalue weighted by molar-refractivity contribution is 0.475. The second-order valence-corrected chi connectivity index (χ2v) is 3.77. The number of aromatic nitrogens is 4. The summed E-state index contributed by atoms with van der Waals surface area (Å²) in [6.07, 6.45) is 0. The van der Waals surface area contributed by atoms with Crippen LogP contribution in [0.4, 0.5) is 0 Å². The third-order valence-corrected chi connectivity index (χ3v) is 2.51. The van der Waals surface area contributed by atoms with Crippen molar-refractivity contribution in [3.05, 3.63) is 45.1 Å². The Labute approximate surface area is 99.2 Å². The van der Waals surface area contributed by atoms with Gasteiger partial charge in [0, 0.05) is 5.56 Å². The summed E-state index contributed by atoms with van der Waals surface area (Å²) < 4.78 is 0. The van der Waals surface area contributed by atoms with Crippen molar-refractivity contribution in [1.82, 2.24) is 19.9 Å². The fourth-order valence-electron chi connectivity index (χ4n) is 1.72. The Morgan fingerprint density at radius 3 is 2.72 bits per heavy atom. The molecule has 0 unspecified atom stereocenters. The maximum absolute atomic E-state index is 11.5. The fraction of sp³-hybridized carbons (Fsp3) is 0. The van der Waals surface area contributed by atoms with Crippen LogP contribution in [0.2, 0.25) is 0 Å². The summed E-state index contributed by atoms with van der Waals surface area (Å²) in [5, 5.41) is 9.38. The Hall–Kier alpha value is -2.83. The van der Waals surface area contributed by atoms with E-state index in [-0.39, 0.29) is 16.9 Å². The summed E-state index contributed by atoms with van der Waals surface area (Å²) in [6.45, 7) is 0. The zero-order chi connectivity index (χ0) is 12.7. The SMILES string of the molecule is O=c1[nH]c(=O)c2[nH]c(-c3cccc(O)c3)nc2[nH]1. The van der Waals surface area contributed by atoms with Gasteiger partial charge in [-0.25, -0.2) is 9.78 Å². The van der Waals surface area contributed by atoms with Gasteiger partial charge in [0.15, 0.2) is 5.65 Å². The molecule has 0 saturated carbocycles. The van der Waals surface area contributed by atoms with Gasteiger partial charge in [-0.15, -0.1) is 0 Å². The first-order chi connectivity index (χ1) is 8.63. The van der Waals surface area contributed by atoms with Gasteiger partial charge in [-0.05, 0) is 12.1 Å². The van der Waals surface area contributed by atoms with Crippen LogP contribution in [0.1, 0.15) is 0 Å². The Morgan fingerprint density at radius 2 is 1.94 bits per heavy atom. The molecule has 7 heteroatoms. The van der Waals surface area contributed by atoms with Crippen LogP contribution in [0.5, 0.6) is 5.75 Å². The molecule has 0 aliphatic carbocycles. The molecule has 18 heavy (non-hydrogen) atoms. The summed E-state index contributed by atoms with van der Waals surface area (Å²) in [5.41, 5.74) is -0.157. The van der Waals surface area contributed by atoms with Crippen LogP contribution in [0, 0.1) is 0 Å². The highest BCUT2D eigenvalue weighted by Gasteiger charge is 2.09. The van der Waals surface area contributed by atoms with E-state index in [1.165, 1.54) is 12.1 Å². The number of imidazole rings is 1. The number of H-pyrrole nitrogens is 3. The van der Waals surface area contributed by atoms with E-state index in [9.17, 15) is 14.7 Å². The molecule has 4 N–H and O–H groups in total. The van der Waals surface area contributed by atoms with Crippen LogP contribution in [-0.2, 0) is 0 Å². The number of benzene rings is 1. The van der Waals surface area contributed by atoms with Crippen molar-refractivity contribution in [3.63, 3.8) is 0 Å². The number of aromatic hydroxyl groups is 1. The zero-order valence-corrected chi connectivity index (χ0v) is 9.02. The lowest BCUT2D eigenvalue weighted by atomic mass is 10.2. The minimum Gasteiger partial charge on any atom is -0.508 e. The van der Waals surface area contributed by atoms with Gasteiger partial charge in [0.2, 0.25) is 0 Å². The van der Waals surface area contributed by atoms with E-state index in [4.69, 9.17) is 0 Å². The third kappa shape index (κ3) is 1.58. The van der Waals surface area contributed by atoms with Gasteiger partial charge in [-0.1, -0.05) is 12.1 Å². The molecule has 1 aromatic carbocycles. The molecule has 3 aromatic rings. The van der Waals surface area contributed by atoms with Gasteiger partial charge < -0.3 is 10.1 Å². The van der Waals surface area contributed by atoms with Crippen molar-refractivity contribution in [2.24, 2.45) is 0 Å². The smallest absolute Gasteiger partial charge is 0.327 e. The van der Waals surface area contributed by atoms with Gasteiger partial charge in [0.05, 0.1) is 0 Å². The molecule has 3 rings (SSSR count). The van der Waals surface area contributed by atoms with Crippen molar-refractivity contribution in [1.29, 1.82) is 0 Å². The normalized spacial score (nSPS) is 10.9. The van der Waals surface area contributed by atoms with Crippen LogP contribution in [0.15, 0.2) is 33.9 Å². The molecule has 0 amide bonds. The lowest BCUT2D eigenvalue weighted by Crippen LogP contribution is -2.21. The number of phenols is 1. The largest absolute Gasteiger partial charge is 0.508 e. The average molecular weight is 244 g/mol. The maximum atomic E-state index is 11.5. The first-order valence-electron chi connectivity index (χ1n) is 5.15. The molecular weight excluding hydrogens is 236 g/mol. The highest BCUT2D eigenvalue weighted by Crippen LogP contribution is 2.21. The molecule has 90 valence electrons. The molecule has 2 heterocycles. The Bertz CT molecular complexity index is 843. The molecule has 0 aliphatic rings. The molecule has 2 aromatic heterocycles. The van der Waals surface area contributed by atoms with Gasteiger partial charge in [0.25, 0.3) is 5.56 Å². The zero-order valence-electron chi connectivity index (χ0n) is 9.02. The monoisotopic (exact) mass is 244 g/mol. The standard InChI is InChI=1S/C11H8N4O3/c16-6-3-1-2-5(4-6)8-12-7-9(13-8)14-11(18)15-10(7)17/h1-4,16H,(H3,12,13,14,15,17,18). The van der Waals surface area contributed by atoms with Crippen LogP contribution < -0.4 is 11.2 Å². The van der Waals surface area contributed by atoms with Crippen LogP contribution in [-0.4, -0.2) is 25.0 Å². The Morgan fingerprint density at radius 1 is 1.11 bits per heavy atom. The first-order valence-corrected chi connectivity index (χ1v) is 5.15. The highest BCUT2D eigenvalue weighted by atomic mass is 16.3. The minimum absolute atomic E-state index is 0.0929. The second kappa shape index (κ2) is 3.59. The summed E-state index contributed by atoms with van der Waals surface area (Å²) in [4.78, 5) is 34.0. The molecule has 7 nitrogen and oxygen atoms in total. The van der Waals surface area contributed by atoms with Gasteiger partial charge in [-0.2, -0.15) is 0 Å². The summed E-state index contributed by atoms with van der Waals surface area (Å²) in [7, 11) is 0. The van der Waals surface area contributed by atoms with E-state index in [0.29, 0.717) is 11.4 Å². The van der Waals surface area contributed by atoms with Crippen LogP contribution in [0.25, 0.3) is 22.6 Å². The quantitative estimate of drug-likeness (QED) is 0.493. The highest BCUT2D eigenvalue weighted by molar-refractivity contribution is 5.74. The summed E-state index contributed by atoms with van der Waals surface area (Å²) in [6, 6.07) is 6.42. The number of fused-ring (bicyclic) bond motifs is 1. The predicted molar refractivity (Wildman–Crippen MR) is 64.4 cm³/mol. The van der Waals surface area contributed by atoms with Gasteiger partial charge in [-0.3, -0.25) is 14.8 Å². The van der Waals surface area contributed by atoms with E-state index in [1.807, 2.05) is 0 Å². The number of aromatic amines is 3. The van der Waals surface area contributed by atoms with Crippen molar-refractivity contribution in [2.75, 3.05) is 0 Å². The number of hydrogen-bond acceptors (Lipinski definition) is 4. The summed E-state index contributed by atoms with van der Waals surface area (Å²) >= 11 is 0. The lowest BCUT2D eigenvalue weighted by Gasteiger charge is -1.96. The molecule has 0 spiro atoms. The number of hydrogen-bond donors (Lipinski definition) is 4. The molecule has 0 radical (unpaired) electrons. The number of phenolic OH excluding ortho intramolecular Hbond substituents is 1. The molecule has 0 saturated heterocycles. The van der Waals surface area contributed by atoms with E-state index < -0.39 is 11.2 Å². The molecule has 0 atom stereocenters. The third-order valence-electron chi connectivity index (χ3n) is 2.51. The minimum atomic E-state index is -0.610. The Balaban J connectivity index is 2.29. The first kappa shape index (κ1) is 10.3. The van der Waals surface area contributed by atoms with E-state index in [2.05, 4.69) is 19.9 Å². The van der Waals surface area contributed by atoms with Crippen molar-refractivity contribution < 1.29 is 5.11 Å². The van der Waals surface area contributed by atoms with Crippen LogP contribution in [0.3, 0.4) is 0 Å². The Kier molecular flexibility index (Phi) is 2.06. The average Bonchev–Trinajstić information content (AvgIpc) is 2.73. The van der Waals surface area contributed by atoms with E-state index in [1.54, 1.807) is 12.1 Å². The fourth-order valence-corrected chi connectivity index (χ4v) is 1.72. The van der Waals surface area contributed by atoms with E-state index in [0.717, 1.165) is 0 Å². The molecular formula is C11H8N4O3. The number of rotatable bonds is 1. The van der Waals surface area contributed by atoms with Crippen molar-refractivity contribution in [3.8, 4) is 17.1 Å².